The van der Waals surface area contributed by atoms with Gasteiger partial charge in [0.1, 0.15) is 0 Å². The number of para-hydroxylation sites is 2. The summed E-state index contributed by atoms with van der Waals surface area (Å²) in [5.41, 5.74) is 21.7. The molecule has 0 atom stereocenters. The zero-order chi connectivity index (χ0) is 45.9. The maximum absolute atomic E-state index is 2.52. The second kappa shape index (κ2) is 15.1. The maximum Gasteiger partial charge on any atom is 0.0746 e. The Morgan fingerprint density at radius 3 is 1.47 bits per heavy atom. The molecule has 2 aliphatic rings. The number of thiophene rings is 1. The number of benzene rings is 11. The molecular formula is C67H42N2S. The molecule has 11 aromatic carbocycles. The van der Waals surface area contributed by atoms with Crippen molar-refractivity contribution in [2.24, 2.45) is 0 Å². The predicted octanol–water partition coefficient (Wildman–Crippen LogP) is 18.3. The fourth-order valence-electron chi connectivity index (χ4n) is 12.5. The highest BCUT2D eigenvalue weighted by Gasteiger charge is 2.53. The van der Waals surface area contributed by atoms with E-state index in [1.165, 1.54) is 114 Å². The lowest BCUT2D eigenvalue weighted by molar-refractivity contribution is 0.793. The fraction of sp³-hybridized carbons (Fsp3) is 0.0149. The van der Waals surface area contributed by atoms with Gasteiger partial charge in [0.2, 0.25) is 0 Å². The Morgan fingerprint density at radius 2 is 0.800 bits per heavy atom. The maximum atomic E-state index is 2.52. The van der Waals surface area contributed by atoms with Crippen LogP contribution >= 0.6 is 11.3 Å². The Kier molecular flexibility index (Phi) is 8.48. The smallest absolute Gasteiger partial charge is 0.0746 e. The SMILES string of the molecule is c1ccc(-n2c3ccccc3c3c(-c4ccc(N(c5ccc(-c6cccc7sc8ccccc8c67)cc5)c5cccc6c5C5(c7ccccc7-c7ccccc75)c5ccccc5-6)cc4)cccc32)cc1. The quantitative estimate of drug-likeness (QED) is 0.161. The molecule has 1 spiro atoms. The summed E-state index contributed by atoms with van der Waals surface area (Å²) in [5, 5.41) is 5.14. The Labute approximate surface area is 410 Å². The first-order chi connectivity index (χ1) is 34.8. The third-order valence-corrected chi connectivity index (χ3v) is 16.4. The standard InChI is InChI=1S/C67H42N2S/c1-2-17-45(18-3-1)69-59-30-12-7-22-54(59)64-48(24-14-31-60(64)69)43-35-39-46(40-36-43)68(47-41-37-44(38-42-47)49-25-16-34-63-65(49)55-23-8-13-33-62(55)70-63)61-32-15-26-53-52-21-6-11-29-58(52)67(66(53)61)56-27-9-4-19-50(56)51-20-5-10-28-57(51)67/h1-42H. The molecule has 70 heavy (non-hydrogen) atoms. The largest absolute Gasteiger partial charge is 0.310 e. The lowest BCUT2D eigenvalue weighted by atomic mass is 9.70. The van der Waals surface area contributed by atoms with Crippen LogP contribution < -0.4 is 4.90 Å². The van der Waals surface area contributed by atoms with Crippen molar-refractivity contribution >= 4 is 70.4 Å². The molecule has 13 aromatic rings. The van der Waals surface area contributed by atoms with Gasteiger partial charge in [0.05, 0.1) is 22.1 Å². The zero-order valence-electron chi connectivity index (χ0n) is 38.1. The summed E-state index contributed by atoms with van der Waals surface area (Å²) in [6, 6.07) is 94.8. The molecule has 0 aliphatic heterocycles. The first-order valence-electron chi connectivity index (χ1n) is 24.2. The summed E-state index contributed by atoms with van der Waals surface area (Å²) in [5.74, 6) is 0. The molecule has 0 saturated carbocycles. The summed E-state index contributed by atoms with van der Waals surface area (Å²) in [7, 11) is 0. The molecule has 15 rings (SSSR count). The van der Waals surface area contributed by atoms with E-state index in [-0.39, 0.29) is 0 Å². The number of hydrogen-bond acceptors (Lipinski definition) is 2. The van der Waals surface area contributed by atoms with Gasteiger partial charge in [-0.2, -0.15) is 0 Å². The first-order valence-corrected chi connectivity index (χ1v) is 25.0. The fourth-order valence-corrected chi connectivity index (χ4v) is 13.6. The van der Waals surface area contributed by atoms with E-state index >= 15 is 0 Å². The van der Waals surface area contributed by atoms with Gasteiger partial charge >= 0.3 is 0 Å². The number of hydrogen-bond donors (Lipinski definition) is 0. The van der Waals surface area contributed by atoms with E-state index in [4.69, 9.17) is 0 Å². The molecule has 0 amide bonds. The van der Waals surface area contributed by atoms with Gasteiger partial charge in [-0.25, -0.2) is 0 Å². The van der Waals surface area contributed by atoms with E-state index in [0.717, 1.165) is 17.1 Å². The van der Waals surface area contributed by atoms with E-state index in [2.05, 4.69) is 264 Å². The minimum Gasteiger partial charge on any atom is -0.310 e. The summed E-state index contributed by atoms with van der Waals surface area (Å²) < 4.78 is 5.03. The topological polar surface area (TPSA) is 8.17 Å². The van der Waals surface area contributed by atoms with E-state index in [1.54, 1.807) is 0 Å². The van der Waals surface area contributed by atoms with Crippen LogP contribution in [0.1, 0.15) is 22.3 Å². The van der Waals surface area contributed by atoms with Gasteiger partial charge in [0.25, 0.3) is 0 Å². The molecule has 2 nitrogen and oxygen atoms in total. The van der Waals surface area contributed by atoms with Gasteiger partial charge < -0.3 is 9.47 Å². The minimum absolute atomic E-state index is 0.522. The van der Waals surface area contributed by atoms with Crippen LogP contribution in [-0.4, -0.2) is 4.57 Å². The van der Waals surface area contributed by atoms with Crippen molar-refractivity contribution < 1.29 is 0 Å². The summed E-state index contributed by atoms with van der Waals surface area (Å²) in [6.45, 7) is 0. The Morgan fingerprint density at radius 1 is 0.329 bits per heavy atom. The molecule has 326 valence electrons. The molecular weight excluding hydrogens is 865 g/mol. The lowest BCUT2D eigenvalue weighted by Gasteiger charge is -2.36. The molecule has 3 heteroatoms. The second-order valence-corrected chi connectivity index (χ2v) is 19.8. The molecule has 0 radical (unpaired) electrons. The van der Waals surface area contributed by atoms with Crippen molar-refractivity contribution in [3.63, 3.8) is 0 Å². The van der Waals surface area contributed by atoms with Crippen molar-refractivity contribution in [3.05, 3.63) is 277 Å². The highest BCUT2D eigenvalue weighted by atomic mass is 32.1. The van der Waals surface area contributed by atoms with Crippen LogP contribution in [0.3, 0.4) is 0 Å². The number of anilines is 3. The van der Waals surface area contributed by atoms with Gasteiger partial charge in [-0.05, 0) is 128 Å². The molecule has 2 aliphatic carbocycles. The monoisotopic (exact) mass is 906 g/mol. The van der Waals surface area contributed by atoms with Gasteiger partial charge in [-0.15, -0.1) is 11.3 Å². The summed E-state index contributed by atoms with van der Waals surface area (Å²) in [4.78, 5) is 2.52. The van der Waals surface area contributed by atoms with Crippen LogP contribution in [0.15, 0.2) is 255 Å². The number of aromatic nitrogens is 1. The summed E-state index contributed by atoms with van der Waals surface area (Å²) in [6.07, 6.45) is 0. The third-order valence-electron chi connectivity index (χ3n) is 15.2. The first kappa shape index (κ1) is 39.3. The zero-order valence-corrected chi connectivity index (χ0v) is 38.9. The molecule has 0 unspecified atom stereocenters. The van der Waals surface area contributed by atoms with Crippen LogP contribution in [0.4, 0.5) is 17.1 Å². The summed E-state index contributed by atoms with van der Waals surface area (Å²) >= 11 is 1.87. The van der Waals surface area contributed by atoms with E-state index in [1.807, 2.05) is 11.3 Å². The molecule has 0 saturated heterocycles. The lowest BCUT2D eigenvalue weighted by Crippen LogP contribution is -2.28. The van der Waals surface area contributed by atoms with Gasteiger partial charge in [-0.1, -0.05) is 188 Å². The van der Waals surface area contributed by atoms with Crippen molar-refractivity contribution in [3.8, 4) is 50.2 Å². The van der Waals surface area contributed by atoms with Crippen molar-refractivity contribution in [2.45, 2.75) is 5.41 Å². The number of fused-ring (bicyclic) bond motifs is 16. The molecule has 0 bridgehead atoms. The van der Waals surface area contributed by atoms with E-state index < -0.39 is 5.41 Å². The van der Waals surface area contributed by atoms with Crippen molar-refractivity contribution in [2.75, 3.05) is 4.90 Å². The highest BCUT2D eigenvalue weighted by molar-refractivity contribution is 7.25. The van der Waals surface area contributed by atoms with Crippen LogP contribution in [-0.2, 0) is 5.41 Å². The second-order valence-electron chi connectivity index (χ2n) is 18.7. The number of nitrogens with zero attached hydrogens (tertiary/aromatic N) is 2. The molecule has 2 aromatic heterocycles. The molecule has 0 fully saturated rings. The van der Waals surface area contributed by atoms with Crippen LogP contribution in [0.5, 0.6) is 0 Å². The van der Waals surface area contributed by atoms with Crippen LogP contribution in [0.25, 0.3) is 92.2 Å². The average Bonchev–Trinajstić information content (AvgIpc) is 4.16. The van der Waals surface area contributed by atoms with Crippen LogP contribution in [0.2, 0.25) is 0 Å². The Hall–Kier alpha value is -8.76. The van der Waals surface area contributed by atoms with E-state index in [0.29, 0.717) is 0 Å². The Bertz CT molecular complexity index is 4170. The van der Waals surface area contributed by atoms with Crippen LogP contribution in [0, 0.1) is 0 Å². The number of rotatable bonds is 6. The third kappa shape index (κ3) is 5.44. The van der Waals surface area contributed by atoms with Gasteiger partial charge in [-0.3, -0.25) is 0 Å². The molecule has 0 N–H and O–H groups in total. The normalized spacial score (nSPS) is 13.0. The van der Waals surface area contributed by atoms with Crippen molar-refractivity contribution in [1.82, 2.24) is 4.57 Å². The minimum atomic E-state index is -0.522. The highest BCUT2D eigenvalue weighted by Crippen LogP contribution is 2.65. The van der Waals surface area contributed by atoms with Crippen molar-refractivity contribution in [1.29, 1.82) is 0 Å². The molecule has 2 heterocycles. The van der Waals surface area contributed by atoms with Gasteiger partial charge in [0.15, 0.2) is 0 Å². The average molecular weight is 907 g/mol. The van der Waals surface area contributed by atoms with E-state index in [9.17, 15) is 0 Å². The predicted molar refractivity (Wildman–Crippen MR) is 296 cm³/mol. The van der Waals surface area contributed by atoms with Gasteiger partial charge in [0, 0.05) is 53.6 Å². The Balaban J connectivity index is 0.952.